The number of hydrogen-bond acceptors (Lipinski definition) is 3. The van der Waals surface area contributed by atoms with Crippen LogP contribution in [0.3, 0.4) is 0 Å². The molecule has 0 N–H and O–H groups in total. The van der Waals surface area contributed by atoms with Crippen LogP contribution in [0.5, 0.6) is 0 Å². The van der Waals surface area contributed by atoms with E-state index in [4.69, 9.17) is 0 Å². The molecule has 29 heavy (non-hydrogen) atoms. The minimum absolute atomic E-state index is 0.820. The molecule has 0 saturated carbocycles. The van der Waals surface area contributed by atoms with E-state index >= 15 is 0 Å². The van der Waals surface area contributed by atoms with Gasteiger partial charge in [0.2, 0.25) is 0 Å². The molecule has 0 atom stereocenters. The van der Waals surface area contributed by atoms with Crippen LogP contribution in [-0.2, 0) is 0 Å². The summed E-state index contributed by atoms with van der Waals surface area (Å²) in [5, 5.41) is 9.05. The molecule has 2 heterocycles. The minimum atomic E-state index is 0.820. The maximum atomic E-state index is 4.52. The monoisotopic (exact) mass is 374 g/mol. The van der Waals surface area contributed by atoms with Crippen LogP contribution in [0.25, 0.3) is 39.6 Å². The van der Waals surface area contributed by atoms with E-state index < -0.39 is 0 Å². The van der Waals surface area contributed by atoms with Gasteiger partial charge in [-0.2, -0.15) is 0 Å². The molecule has 0 saturated heterocycles. The van der Waals surface area contributed by atoms with Crippen molar-refractivity contribution in [3.05, 3.63) is 109 Å². The van der Waals surface area contributed by atoms with Crippen molar-refractivity contribution in [1.82, 2.24) is 19.7 Å². The lowest BCUT2D eigenvalue weighted by Crippen LogP contribution is -2.00. The van der Waals surface area contributed by atoms with Crippen LogP contribution in [-0.4, -0.2) is 19.7 Å². The van der Waals surface area contributed by atoms with Crippen molar-refractivity contribution in [2.75, 3.05) is 0 Å². The molecular weight excluding hydrogens is 356 g/mol. The minimum Gasteiger partial charge on any atom is -0.275 e. The molecule has 0 radical (unpaired) electrons. The van der Waals surface area contributed by atoms with Crippen molar-refractivity contribution in [2.24, 2.45) is 0 Å². The van der Waals surface area contributed by atoms with E-state index in [1.165, 1.54) is 0 Å². The predicted molar refractivity (Wildman–Crippen MR) is 115 cm³/mol. The number of rotatable bonds is 4. The van der Waals surface area contributed by atoms with E-state index in [9.17, 15) is 0 Å². The van der Waals surface area contributed by atoms with Crippen molar-refractivity contribution in [1.29, 1.82) is 0 Å². The molecule has 0 spiro atoms. The van der Waals surface area contributed by atoms with Gasteiger partial charge in [-0.15, -0.1) is 10.2 Å². The second kappa shape index (κ2) is 7.52. The summed E-state index contributed by atoms with van der Waals surface area (Å²) in [6.07, 6.45) is 3.62. The molecule has 3 aromatic carbocycles. The lowest BCUT2D eigenvalue weighted by atomic mass is 10.1. The fourth-order valence-electron chi connectivity index (χ4n) is 3.42. The molecule has 4 heteroatoms. The topological polar surface area (TPSA) is 43.6 Å². The maximum absolute atomic E-state index is 4.52. The fraction of sp³-hybridized carbons (Fsp3) is 0. The van der Waals surface area contributed by atoms with Gasteiger partial charge < -0.3 is 0 Å². The average Bonchev–Trinajstić information content (AvgIpc) is 3.26. The molecule has 5 aromatic rings. The molecule has 5 rings (SSSR count). The van der Waals surface area contributed by atoms with Crippen LogP contribution in [0.1, 0.15) is 0 Å². The Bertz CT molecular complexity index is 1160. The van der Waals surface area contributed by atoms with Gasteiger partial charge in [0.25, 0.3) is 0 Å². The predicted octanol–water partition coefficient (Wildman–Crippen LogP) is 5.66. The number of pyridine rings is 1. The van der Waals surface area contributed by atoms with E-state index in [2.05, 4.69) is 68.3 Å². The lowest BCUT2D eigenvalue weighted by molar-refractivity contribution is 1.07. The van der Waals surface area contributed by atoms with Gasteiger partial charge in [-0.25, -0.2) is 0 Å². The molecule has 0 bridgehead atoms. The molecule has 0 aliphatic carbocycles. The summed E-state index contributed by atoms with van der Waals surface area (Å²) in [5.41, 5.74) is 5.36. The van der Waals surface area contributed by atoms with Crippen molar-refractivity contribution in [3.8, 4) is 39.6 Å². The summed E-state index contributed by atoms with van der Waals surface area (Å²) in [6, 6.07) is 32.8. The van der Waals surface area contributed by atoms with Crippen LogP contribution < -0.4 is 0 Å². The maximum Gasteiger partial charge on any atom is 0.168 e. The molecular formula is C25H18N4. The van der Waals surface area contributed by atoms with Crippen molar-refractivity contribution in [2.45, 2.75) is 0 Å². The number of benzene rings is 3. The summed E-state index contributed by atoms with van der Waals surface area (Å²) in [4.78, 5) is 4.10. The smallest absolute Gasteiger partial charge is 0.168 e. The second-order valence-electron chi connectivity index (χ2n) is 6.70. The first kappa shape index (κ1) is 17.1. The Balaban J connectivity index is 1.66. The third-order valence-corrected chi connectivity index (χ3v) is 4.87. The highest BCUT2D eigenvalue weighted by molar-refractivity contribution is 5.69. The Labute approximate surface area is 169 Å². The van der Waals surface area contributed by atoms with E-state index in [0.29, 0.717) is 0 Å². The van der Waals surface area contributed by atoms with Gasteiger partial charge in [0.15, 0.2) is 11.6 Å². The van der Waals surface area contributed by atoms with Crippen molar-refractivity contribution < 1.29 is 0 Å². The van der Waals surface area contributed by atoms with E-state index in [1.54, 1.807) is 0 Å². The highest BCUT2D eigenvalue weighted by Crippen LogP contribution is 2.29. The van der Waals surface area contributed by atoms with Gasteiger partial charge >= 0.3 is 0 Å². The zero-order chi connectivity index (χ0) is 19.5. The summed E-state index contributed by atoms with van der Waals surface area (Å²) >= 11 is 0. The summed E-state index contributed by atoms with van der Waals surface area (Å²) in [5.74, 6) is 1.64. The molecule has 4 nitrogen and oxygen atoms in total. The van der Waals surface area contributed by atoms with Crippen LogP contribution in [0.4, 0.5) is 0 Å². The molecule has 2 aromatic heterocycles. The highest BCUT2D eigenvalue weighted by Gasteiger charge is 2.16. The first-order valence-electron chi connectivity index (χ1n) is 9.47. The highest BCUT2D eigenvalue weighted by atomic mass is 15.3. The van der Waals surface area contributed by atoms with Gasteiger partial charge in [0, 0.05) is 29.2 Å². The SMILES string of the molecule is c1ccc(-c2nnc(-c3ccccc3)n2-c2ccc(-c3ccncc3)cc2)cc1. The number of aromatic nitrogens is 4. The van der Waals surface area contributed by atoms with Gasteiger partial charge in [0.05, 0.1) is 0 Å². The largest absolute Gasteiger partial charge is 0.275 e. The Morgan fingerprint density at radius 3 is 1.45 bits per heavy atom. The van der Waals surface area contributed by atoms with Gasteiger partial charge in [0.1, 0.15) is 0 Å². The van der Waals surface area contributed by atoms with Gasteiger partial charge in [-0.3, -0.25) is 9.55 Å². The summed E-state index contributed by atoms with van der Waals surface area (Å²) < 4.78 is 2.11. The zero-order valence-electron chi connectivity index (χ0n) is 15.7. The molecule has 0 aliphatic heterocycles. The summed E-state index contributed by atoms with van der Waals surface area (Å²) in [6.45, 7) is 0. The Hall–Kier alpha value is -4.05. The normalized spacial score (nSPS) is 10.8. The average molecular weight is 374 g/mol. The third kappa shape index (κ3) is 3.32. The molecule has 0 unspecified atom stereocenters. The van der Waals surface area contributed by atoms with Crippen molar-refractivity contribution in [3.63, 3.8) is 0 Å². The van der Waals surface area contributed by atoms with E-state index in [0.717, 1.165) is 39.6 Å². The number of nitrogens with zero attached hydrogens (tertiary/aromatic N) is 4. The van der Waals surface area contributed by atoms with Crippen LogP contribution in [0.15, 0.2) is 109 Å². The van der Waals surface area contributed by atoms with Gasteiger partial charge in [-0.1, -0.05) is 72.8 Å². The first-order valence-corrected chi connectivity index (χ1v) is 9.47. The summed E-state index contributed by atoms with van der Waals surface area (Å²) in [7, 11) is 0. The van der Waals surface area contributed by atoms with E-state index in [-0.39, 0.29) is 0 Å². The quantitative estimate of drug-likeness (QED) is 0.407. The molecule has 0 amide bonds. The lowest BCUT2D eigenvalue weighted by Gasteiger charge is -2.12. The van der Waals surface area contributed by atoms with E-state index in [1.807, 2.05) is 60.9 Å². The second-order valence-corrected chi connectivity index (χ2v) is 6.70. The third-order valence-electron chi connectivity index (χ3n) is 4.87. The fourth-order valence-corrected chi connectivity index (χ4v) is 3.42. The Morgan fingerprint density at radius 2 is 0.931 bits per heavy atom. The van der Waals surface area contributed by atoms with Crippen molar-refractivity contribution >= 4 is 0 Å². The standard InChI is InChI=1S/C25H18N4/c1-3-7-21(8-4-1)24-27-28-25(22-9-5-2-6-10-22)29(24)23-13-11-19(12-14-23)20-15-17-26-18-16-20/h1-18H. The zero-order valence-corrected chi connectivity index (χ0v) is 15.7. The molecule has 0 aliphatic rings. The Kier molecular flexibility index (Phi) is 4.43. The van der Waals surface area contributed by atoms with Crippen LogP contribution in [0, 0.1) is 0 Å². The number of hydrogen-bond donors (Lipinski definition) is 0. The van der Waals surface area contributed by atoms with Crippen LogP contribution >= 0.6 is 0 Å². The molecule has 138 valence electrons. The van der Waals surface area contributed by atoms with Gasteiger partial charge in [-0.05, 0) is 35.4 Å². The molecule has 0 fully saturated rings. The first-order chi connectivity index (χ1) is 14.4. The Morgan fingerprint density at radius 1 is 0.448 bits per heavy atom. The van der Waals surface area contributed by atoms with Crippen LogP contribution in [0.2, 0.25) is 0 Å².